The average Bonchev–Trinajstić information content (AvgIpc) is 2.36. The van der Waals surface area contributed by atoms with E-state index in [4.69, 9.17) is 10.5 Å². The Morgan fingerprint density at radius 3 is 1.79 bits per heavy atom. The standard InChI is InChI=1S/C17H29NO/c1-11(2)15-9-14(13(5)7-8-18)10-16(12(3)4)17(15)19-6/h9-13H,7-8,18H2,1-6H3. The average molecular weight is 263 g/mol. The number of methoxy groups -OCH3 is 1. The molecule has 2 N–H and O–H groups in total. The number of hydrogen-bond acceptors (Lipinski definition) is 2. The molecule has 0 aliphatic rings. The molecule has 19 heavy (non-hydrogen) atoms. The number of hydrogen-bond donors (Lipinski definition) is 1. The van der Waals surface area contributed by atoms with Crippen molar-refractivity contribution in [3.05, 3.63) is 28.8 Å². The molecule has 1 atom stereocenters. The van der Waals surface area contributed by atoms with E-state index in [1.54, 1.807) is 7.11 Å². The van der Waals surface area contributed by atoms with Gasteiger partial charge in [-0.1, -0.05) is 46.8 Å². The maximum atomic E-state index is 5.69. The van der Waals surface area contributed by atoms with Gasteiger partial charge < -0.3 is 10.5 Å². The zero-order valence-electron chi connectivity index (χ0n) is 13.3. The second-order valence-corrected chi connectivity index (χ2v) is 6.02. The van der Waals surface area contributed by atoms with Crippen LogP contribution < -0.4 is 10.5 Å². The molecule has 0 saturated carbocycles. The van der Waals surface area contributed by atoms with E-state index in [1.807, 2.05) is 0 Å². The van der Waals surface area contributed by atoms with Crippen LogP contribution in [0, 0.1) is 0 Å². The van der Waals surface area contributed by atoms with E-state index in [1.165, 1.54) is 16.7 Å². The van der Waals surface area contributed by atoms with Gasteiger partial charge in [0.25, 0.3) is 0 Å². The van der Waals surface area contributed by atoms with Gasteiger partial charge in [0.05, 0.1) is 7.11 Å². The first-order valence-corrected chi connectivity index (χ1v) is 7.34. The Bertz CT molecular complexity index is 381. The zero-order valence-corrected chi connectivity index (χ0v) is 13.3. The van der Waals surface area contributed by atoms with Gasteiger partial charge in [-0.05, 0) is 47.4 Å². The van der Waals surface area contributed by atoms with Crippen LogP contribution in [0.5, 0.6) is 5.75 Å². The molecule has 1 aromatic carbocycles. The van der Waals surface area contributed by atoms with E-state index >= 15 is 0 Å². The Hall–Kier alpha value is -1.02. The summed E-state index contributed by atoms with van der Waals surface area (Å²) in [4.78, 5) is 0. The monoisotopic (exact) mass is 263 g/mol. The van der Waals surface area contributed by atoms with Crippen molar-refractivity contribution in [2.75, 3.05) is 13.7 Å². The highest BCUT2D eigenvalue weighted by Crippen LogP contribution is 2.37. The van der Waals surface area contributed by atoms with Gasteiger partial charge in [0.15, 0.2) is 0 Å². The van der Waals surface area contributed by atoms with E-state index < -0.39 is 0 Å². The Balaban J connectivity index is 3.36. The van der Waals surface area contributed by atoms with Crippen molar-refractivity contribution in [1.29, 1.82) is 0 Å². The molecule has 0 radical (unpaired) electrons. The SMILES string of the molecule is COc1c(C(C)C)cc(C(C)CCN)cc1C(C)C. The molecular weight excluding hydrogens is 234 g/mol. The summed E-state index contributed by atoms with van der Waals surface area (Å²) in [6.07, 6.45) is 1.03. The molecule has 1 rings (SSSR count). The fourth-order valence-corrected chi connectivity index (χ4v) is 2.49. The summed E-state index contributed by atoms with van der Waals surface area (Å²) in [6.45, 7) is 11.9. The molecule has 2 heteroatoms. The second-order valence-electron chi connectivity index (χ2n) is 6.02. The van der Waals surface area contributed by atoms with Crippen molar-refractivity contribution < 1.29 is 4.74 Å². The fraction of sp³-hybridized carbons (Fsp3) is 0.647. The van der Waals surface area contributed by atoms with Gasteiger partial charge in [-0.25, -0.2) is 0 Å². The molecule has 0 heterocycles. The van der Waals surface area contributed by atoms with Crippen LogP contribution in [0.25, 0.3) is 0 Å². The van der Waals surface area contributed by atoms with Crippen molar-refractivity contribution in [2.24, 2.45) is 5.73 Å². The van der Waals surface area contributed by atoms with Crippen molar-refractivity contribution in [1.82, 2.24) is 0 Å². The Morgan fingerprint density at radius 2 is 1.47 bits per heavy atom. The second kappa shape index (κ2) is 6.95. The summed E-state index contributed by atoms with van der Waals surface area (Å²) in [6, 6.07) is 4.60. The predicted octanol–water partition coefficient (Wildman–Crippen LogP) is 4.39. The van der Waals surface area contributed by atoms with Crippen LogP contribution in [0.15, 0.2) is 12.1 Å². The van der Waals surface area contributed by atoms with E-state index in [-0.39, 0.29) is 0 Å². The first-order chi connectivity index (χ1) is 8.92. The van der Waals surface area contributed by atoms with Crippen LogP contribution >= 0.6 is 0 Å². The highest BCUT2D eigenvalue weighted by Gasteiger charge is 2.18. The lowest BCUT2D eigenvalue weighted by Crippen LogP contribution is -2.08. The molecule has 2 nitrogen and oxygen atoms in total. The third-order valence-corrected chi connectivity index (χ3v) is 3.79. The molecule has 1 unspecified atom stereocenters. The number of ether oxygens (including phenoxy) is 1. The lowest BCUT2D eigenvalue weighted by atomic mass is 9.87. The third kappa shape index (κ3) is 3.73. The predicted molar refractivity (Wildman–Crippen MR) is 83.3 cm³/mol. The van der Waals surface area contributed by atoms with E-state index in [0.29, 0.717) is 17.8 Å². The van der Waals surface area contributed by atoms with Crippen LogP contribution in [0.2, 0.25) is 0 Å². The molecule has 0 saturated heterocycles. The quantitative estimate of drug-likeness (QED) is 0.826. The van der Waals surface area contributed by atoms with E-state index in [2.05, 4.69) is 46.8 Å². The molecule has 1 aromatic rings. The van der Waals surface area contributed by atoms with E-state index in [9.17, 15) is 0 Å². The third-order valence-electron chi connectivity index (χ3n) is 3.79. The van der Waals surface area contributed by atoms with Crippen LogP contribution in [0.4, 0.5) is 0 Å². The highest BCUT2D eigenvalue weighted by atomic mass is 16.5. The molecule has 0 bridgehead atoms. The molecular formula is C17H29NO. The first kappa shape index (κ1) is 16.0. The summed E-state index contributed by atoms with van der Waals surface area (Å²) < 4.78 is 5.67. The van der Waals surface area contributed by atoms with Crippen LogP contribution in [-0.4, -0.2) is 13.7 Å². The van der Waals surface area contributed by atoms with Crippen LogP contribution in [0.1, 0.15) is 75.5 Å². The Labute approximate surface area is 118 Å². The summed E-state index contributed by atoms with van der Waals surface area (Å²) in [5.74, 6) is 2.51. The minimum Gasteiger partial charge on any atom is -0.496 e. The van der Waals surface area contributed by atoms with Crippen LogP contribution in [-0.2, 0) is 0 Å². The minimum absolute atomic E-state index is 0.470. The smallest absolute Gasteiger partial charge is 0.125 e. The van der Waals surface area contributed by atoms with Crippen molar-refractivity contribution in [3.8, 4) is 5.75 Å². The first-order valence-electron chi connectivity index (χ1n) is 7.34. The molecule has 0 aromatic heterocycles. The highest BCUT2D eigenvalue weighted by molar-refractivity contribution is 5.48. The van der Waals surface area contributed by atoms with Gasteiger partial charge in [-0.15, -0.1) is 0 Å². The Kier molecular flexibility index (Phi) is 5.86. The lowest BCUT2D eigenvalue weighted by Gasteiger charge is -2.22. The summed E-state index contributed by atoms with van der Waals surface area (Å²) in [5.41, 5.74) is 9.71. The maximum Gasteiger partial charge on any atom is 0.125 e. The molecule has 108 valence electrons. The number of nitrogens with two attached hydrogens (primary N) is 1. The molecule has 0 aliphatic heterocycles. The zero-order chi connectivity index (χ0) is 14.6. The van der Waals surface area contributed by atoms with Gasteiger partial charge in [-0.2, -0.15) is 0 Å². The van der Waals surface area contributed by atoms with Gasteiger partial charge in [-0.3, -0.25) is 0 Å². The van der Waals surface area contributed by atoms with Crippen LogP contribution in [0.3, 0.4) is 0 Å². The molecule has 0 spiro atoms. The summed E-state index contributed by atoms with van der Waals surface area (Å²) in [5, 5.41) is 0. The normalized spacial score (nSPS) is 13.1. The number of benzene rings is 1. The Morgan fingerprint density at radius 1 is 1.00 bits per heavy atom. The largest absolute Gasteiger partial charge is 0.496 e. The van der Waals surface area contributed by atoms with Crippen molar-refractivity contribution in [3.63, 3.8) is 0 Å². The van der Waals surface area contributed by atoms with Crippen molar-refractivity contribution >= 4 is 0 Å². The lowest BCUT2D eigenvalue weighted by molar-refractivity contribution is 0.400. The van der Waals surface area contributed by atoms with Gasteiger partial charge in [0, 0.05) is 0 Å². The molecule has 0 fully saturated rings. The minimum atomic E-state index is 0.470. The molecule has 0 amide bonds. The van der Waals surface area contributed by atoms with Crippen molar-refractivity contribution in [2.45, 2.75) is 58.8 Å². The van der Waals surface area contributed by atoms with Gasteiger partial charge >= 0.3 is 0 Å². The van der Waals surface area contributed by atoms with Gasteiger partial charge in [0.2, 0.25) is 0 Å². The fourth-order valence-electron chi connectivity index (χ4n) is 2.49. The topological polar surface area (TPSA) is 35.2 Å². The summed E-state index contributed by atoms with van der Waals surface area (Å²) >= 11 is 0. The maximum absolute atomic E-state index is 5.69. The number of rotatable bonds is 6. The van der Waals surface area contributed by atoms with Gasteiger partial charge in [0.1, 0.15) is 5.75 Å². The summed E-state index contributed by atoms with van der Waals surface area (Å²) in [7, 11) is 1.77. The van der Waals surface area contributed by atoms with E-state index in [0.717, 1.165) is 18.7 Å². The molecule has 0 aliphatic carbocycles.